The number of esters is 1. The molecule has 2 aromatic rings. The largest absolute Gasteiger partial charge is 0.448 e. The van der Waals surface area contributed by atoms with Crippen molar-refractivity contribution in [2.75, 3.05) is 0 Å². The highest BCUT2D eigenvalue weighted by Crippen LogP contribution is 2.39. The summed E-state index contributed by atoms with van der Waals surface area (Å²) in [4.78, 5) is 13.6. The van der Waals surface area contributed by atoms with Gasteiger partial charge in [-0.05, 0) is 18.6 Å². The number of benzene rings is 1. The zero-order valence-corrected chi connectivity index (χ0v) is 10.3. The number of aromatic nitrogens is 1. The summed E-state index contributed by atoms with van der Waals surface area (Å²) in [6, 6.07) is 5.03. The van der Waals surface area contributed by atoms with Crippen molar-refractivity contribution < 1.29 is 22.7 Å². The molecule has 0 saturated heterocycles. The minimum absolute atomic E-state index is 0.0855. The first-order valence-corrected chi connectivity index (χ1v) is 5.60. The third-order valence-corrected chi connectivity index (χ3v) is 2.73. The molecule has 19 heavy (non-hydrogen) atoms. The summed E-state index contributed by atoms with van der Waals surface area (Å²) in [6.07, 6.45) is -5.67. The Morgan fingerprint density at radius 1 is 1.37 bits per heavy atom. The normalized spacial score (nSPS) is 13.5. The van der Waals surface area contributed by atoms with Crippen LogP contribution in [0.3, 0.4) is 0 Å². The van der Waals surface area contributed by atoms with Gasteiger partial charge in [-0.3, -0.25) is 4.79 Å². The van der Waals surface area contributed by atoms with Gasteiger partial charge in [0.2, 0.25) is 6.10 Å². The van der Waals surface area contributed by atoms with Gasteiger partial charge in [0.05, 0.1) is 0 Å². The first-order chi connectivity index (χ1) is 8.79. The van der Waals surface area contributed by atoms with Crippen LogP contribution in [0, 0.1) is 6.92 Å². The average molecular weight is 271 g/mol. The van der Waals surface area contributed by atoms with Crippen molar-refractivity contribution >= 4 is 16.9 Å². The lowest BCUT2D eigenvalue weighted by Crippen LogP contribution is -2.25. The Balaban J connectivity index is 2.53. The van der Waals surface area contributed by atoms with Crippen LogP contribution in [0.1, 0.15) is 24.2 Å². The quantitative estimate of drug-likeness (QED) is 0.847. The number of halogens is 3. The van der Waals surface area contributed by atoms with Crippen LogP contribution in [0.25, 0.3) is 10.9 Å². The molecule has 0 radical (unpaired) electrons. The predicted octanol–water partition coefficient (Wildman–Crippen LogP) is 3.64. The van der Waals surface area contributed by atoms with Gasteiger partial charge in [0.15, 0.2) is 0 Å². The second-order valence-electron chi connectivity index (χ2n) is 4.32. The molecule has 2 rings (SSSR count). The van der Waals surface area contributed by atoms with Crippen molar-refractivity contribution in [2.24, 2.45) is 0 Å². The van der Waals surface area contributed by atoms with Gasteiger partial charge in [0.1, 0.15) is 0 Å². The Kier molecular flexibility index (Phi) is 3.26. The van der Waals surface area contributed by atoms with Crippen LogP contribution in [-0.2, 0) is 9.53 Å². The lowest BCUT2D eigenvalue weighted by molar-refractivity contribution is -0.222. The molecule has 0 amide bonds. The number of rotatable bonds is 2. The maximum absolute atomic E-state index is 13.0. The topological polar surface area (TPSA) is 42.1 Å². The van der Waals surface area contributed by atoms with E-state index in [4.69, 9.17) is 0 Å². The van der Waals surface area contributed by atoms with E-state index in [1.165, 1.54) is 6.20 Å². The Hall–Kier alpha value is -1.98. The SMILES string of the molecule is CC(=O)O[C@@H](c1c[nH]c2cc(C)ccc12)C(F)(F)F. The number of hydrogen-bond donors (Lipinski definition) is 1. The third-order valence-electron chi connectivity index (χ3n) is 2.73. The molecule has 0 aliphatic carbocycles. The summed E-state index contributed by atoms with van der Waals surface area (Å²) in [5.41, 5.74) is 1.42. The lowest BCUT2D eigenvalue weighted by atomic mass is 10.1. The standard InChI is InChI=1S/C13H12F3NO2/c1-7-3-4-9-10(6-17-11(9)5-7)12(13(14,15)16)19-8(2)18/h3-6,12,17H,1-2H3/t12-/m0/s1. The molecule has 0 unspecified atom stereocenters. The molecular weight excluding hydrogens is 259 g/mol. The highest BCUT2D eigenvalue weighted by molar-refractivity contribution is 5.84. The van der Waals surface area contributed by atoms with Crippen molar-refractivity contribution in [3.8, 4) is 0 Å². The number of fused-ring (bicyclic) bond motifs is 1. The zero-order chi connectivity index (χ0) is 14.2. The van der Waals surface area contributed by atoms with E-state index < -0.39 is 18.2 Å². The summed E-state index contributed by atoms with van der Waals surface area (Å²) in [6.45, 7) is 2.80. The first-order valence-electron chi connectivity index (χ1n) is 5.60. The fourth-order valence-corrected chi connectivity index (χ4v) is 1.95. The van der Waals surface area contributed by atoms with E-state index in [0.717, 1.165) is 12.5 Å². The van der Waals surface area contributed by atoms with Crippen molar-refractivity contribution in [3.05, 3.63) is 35.5 Å². The number of hydrogen-bond acceptors (Lipinski definition) is 2. The van der Waals surface area contributed by atoms with E-state index >= 15 is 0 Å². The fraction of sp³-hybridized carbons (Fsp3) is 0.308. The van der Waals surface area contributed by atoms with E-state index in [1.54, 1.807) is 18.2 Å². The van der Waals surface area contributed by atoms with Gasteiger partial charge in [-0.25, -0.2) is 0 Å². The predicted molar refractivity (Wildman–Crippen MR) is 63.6 cm³/mol. The summed E-state index contributed by atoms with van der Waals surface area (Å²) >= 11 is 0. The van der Waals surface area contributed by atoms with Crippen LogP contribution in [0.4, 0.5) is 13.2 Å². The van der Waals surface area contributed by atoms with Crippen LogP contribution >= 0.6 is 0 Å². The van der Waals surface area contributed by atoms with Crippen LogP contribution in [0.15, 0.2) is 24.4 Å². The molecule has 0 fully saturated rings. The summed E-state index contributed by atoms with van der Waals surface area (Å²) < 4.78 is 43.3. The highest BCUT2D eigenvalue weighted by Gasteiger charge is 2.44. The molecule has 0 saturated carbocycles. The molecule has 1 aromatic heterocycles. The van der Waals surface area contributed by atoms with Crippen molar-refractivity contribution in [3.63, 3.8) is 0 Å². The van der Waals surface area contributed by atoms with E-state index in [1.807, 2.05) is 6.92 Å². The number of carbonyl (C=O) groups excluding carboxylic acids is 1. The molecular formula is C13H12F3NO2. The maximum Gasteiger partial charge on any atom is 0.429 e. The van der Waals surface area contributed by atoms with Gasteiger partial charge in [-0.1, -0.05) is 12.1 Å². The van der Waals surface area contributed by atoms with Crippen molar-refractivity contribution in [2.45, 2.75) is 26.1 Å². The van der Waals surface area contributed by atoms with E-state index in [2.05, 4.69) is 9.72 Å². The number of alkyl halides is 3. The average Bonchev–Trinajstić information content (AvgIpc) is 2.66. The molecule has 0 aliphatic heterocycles. The molecule has 6 heteroatoms. The molecule has 1 aromatic carbocycles. The van der Waals surface area contributed by atoms with Crippen LogP contribution in [-0.4, -0.2) is 17.1 Å². The van der Waals surface area contributed by atoms with Gasteiger partial charge < -0.3 is 9.72 Å². The Labute approximate surface area is 107 Å². The van der Waals surface area contributed by atoms with Crippen LogP contribution < -0.4 is 0 Å². The number of ether oxygens (including phenoxy) is 1. The zero-order valence-electron chi connectivity index (χ0n) is 10.3. The van der Waals surface area contributed by atoms with Gasteiger partial charge in [0, 0.05) is 29.6 Å². The van der Waals surface area contributed by atoms with E-state index in [0.29, 0.717) is 10.9 Å². The highest BCUT2D eigenvalue weighted by atomic mass is 19.4. The third kappa shape index (κ3) is 2.72. The van der Waals surface area contributed by atoms with Gasteiger partial charge in [-0.15, -0.1) is 0 Å². The molecule has 1 N–H and O–H groups in total. The first kappa shape index (κ1) is 13.5. The Morgan fingerprint density at radius 3 is 2.63 bits per heavy atom. The maximum atomic E-state index is 13.0. The lowest BCUT2D eigenvalue weighted by Gasteiger charge is -2.19. The minimum atomic E-state index is -4.65. The van der Waals surface area contributed by atoms with Gasteiger partial charge >= 0.3 is 12.1 Å². The Morgan fingerprint density at radius 2 is 2.05 bits per heavy atom. The van der Waals surface area contributed by atoms with Crippen LogP contribution in [0.2, 0.25) is 0 Å². The van der Waals surface area contributed by atoms with Gasteiger partial charge in [0.25, 0.3) is 0 Å². The number of H-pyrrole nitrogens is 1. The monoisotopic (exact) mass is 271 g/mol. The number of aromatic amines is 1. The molecule has 0 spiro atoms. The van der Waals surface area contributed by atoms with E-state index in [9.17, 15) is 18.0 Å². The Bertz CT molecular complexity index is 616. The number of aryl methyl sites for hydroxylation is 1. The molecule has 3 nitrogen and oxygen atoms in total. The van der Waals surface area contributed by atoms with Gasteiger partial charge in [-0.2, -0.15) is 13.2 Å². The molecule has 102 valence electrons. The fourth-order valence-electron chi connectivity index (χ4n) is 1.95. The summed E-state index contributed by atoms with van der Waals surface area (Å²) in [7, 11) is 0. The second-order valence-corrected chi connectivity index (χ2v) is 4.32. The minimum Gasteiger partial charge on any atom is -0.448 e. The van der Waals surface area contributed by atoms with Crippen molar-refractivity contribution in [1.29, 1.82) is 0 Å². The molecule has 1 heterocycles. The number of carbonyl (C=O) groups is 1. The van der Waals surface area contributed by atoms with E-state index in [-0.39, 0.29) is 5.56 Å². The molecule has 1 atom stereocenters. The number of nitrogens with one attached hydrogen (secondary N) is 1. The van der Waals surface area contributed by atoms with Crippen LogP contribution in [0.5, 0.6) is 0 Å². The molecule has 0 aliphatic rings. The smallest absolute Gasteiger partial charge is 0.429 e. The summed E-state index contributed by atoms with van der Waals surface area (Å²) in [5, 5.41) is 0.397. The molecule has 0 bridgehead atoms. The van der Waals surface area contributed by atoms with Crippen molar-refractivity contribution in [1.82, 2.24) is 4.98 Å². The second kappa shape index (κ2) is 4.60. The summed E-state index contributed by atoms with van der Waals surface area (Å²) in [5.74, 6) is -0.969.